The number of pyridine rings is 1. The lowest BCUT2D eigenvalue weighted by Gasteiger charge is -2.21. The van der Waals surface area contributed by atoms with Gasteiger partial charge in [-0.3, -0.25) is 4.98 Å². The minimum absolute atomic E-state index is 0.0122. The number of nitrogens with one attached hydrogen (secondary N) is 1. The highest BCUT2D eigenvalue weighted by Crippen LogP contribution is 2.10. The van der Waals surface area contributed by atoms with Gasteiger partial charge in [0.25, 0.3) is 0 Å². The van der Waals surface area contributed by atoms with Crippen molar-refractivity contribution < 1.29 is 8.42 Å². The van der Waals surface area contributed by atoms with E-state index >= 15 is 0 Å². The summed E-state index contributed by atoms with van der Waals surface area (Å²) in [5.41, 5.74) is 0.988. The van der Waals surface area contributed by atoms with Gasteiger partial charge in [-0.05, 0) is 36.5 Å². The van der Waals surface area contributed by atoms with Crippen molar-refractivity contribution in [2.75, 3.05) is 11.1 Å². The van der Waals surface area contributed by atoms with E-state index in [1.165, 1.54) is 0 Å². The van der Waals surface area contributed by atoms with Gasteiger partial charge in [0.2, 0.25) is 10.0 Å². The topological polar surface area (TPSA) is 59.1 Å². The fourth-order valence-corrected chi connectivity index (χ4v) is 3.70. The van der Waals surface area contributed by atoms with Crippen LogP contribution in [0, 0.1) is 5.92 Å². The molecule has 0 aliphatic rings. The van der Waals surface area contributed by atoms with Gasteiger partial charge < -0.3 is 0 Å². The zero-order valence-electron chi connectivity index (χ0n) is 11.3. The molecular formula is C13H21BrN2O2S. The second kappa shape index (κ2) is 7.97. The maximum atomic E-state index is 12.1. The van der Waals surface area contributed by atoms with E-state index in [9.17, 15) is 8.42 Å². The SMILES string of the molecule is CC(C)C(CCBr)NS(=O)(=O)CCc1ccncc1. The van der Waals surface area contributed by atoms with Crippen molar-refractivity contribution in [3.05, 3.63) is 30.1 Å². The molecule has 0 fully saturated rings. The number of alkyl halides is 1. The van der Waals surface area contributed by atoms with Gasteiger partial charge in [-0.2, -0.15) is 0 Å². The van der Waals surface area contributed by atoms with Gasteiger partial charge in [0.05, 0.1) is 5.75 Å². The van der Waals surface area contributed by atoms with E-state index in [1.54, 1.807) is 12.4 Å². The van der Waals surface area contributed by atoms with Crippen LogP contribution in [0.5, 0.6) is 0 Å². The molecule has 4 nitrogen and oxygen atoms in total. The van der Waals surface area contributed by atoms with Crippen molar-refractivity contribution in [1.29, 1.82) is 0 Å². The summed E-state index contributed by atoms with van der Waals surface area (Å²) in [5.74, 6) is 0.399. The number of hydrogen-bond donors (Lipinski definition) is 1. The first-order chi connectivity index (χ1) is 8.94. The van der Waals surface area contributed by atoms with Gasteiger partial charge in [-0.1, -0.05) is 29.8 Å². The molecule has 1 atom stereocenters. The van der Waals surface area contributed by atoms with Gasteiger partial charge in [0, 0.05) is 23.8 Å². The standard InChI is InChI=1S/C13H21BrN2O2S/c1-11(2)13(3-7-14)16-19(17,18)10-6-12-4-8-15-9-5-12/h4-5,8-9,11,13,16H,3,6-7,10H2,1-2H3. The van der Waals surface area contributed by atoms with Crippen LogP contribution in [0.25, 0.3) is 0 Å². The number of halogens is 1. The molecule has 0 bridgehead atoms. The van der Waals surface area contributed by atoms with Crippen LogP contribution in [0.1, 0.15) is 25.8 Å². The lowest BCUT2D eigenvalue weighted by Crippen LogP contribution is -2.40. The number of aryl methyl sites for hydroxylation is 1. The molecule has 0 aromatic carbocycles. The highest BCUT2D eigenvalue weighted by Gasteiger charge is 2.20. The van der Waals surface area contributed by atoms with Crippen LogP contribution in [0.15, 0.2) is 24.5 Å². The number of aromatic nitrogens is 1. The third kappa shape index (κ3) is 6.49. The van der Waals surface area contributed by atoms with Gasteiger partial charge in [-0.25, -0.2) is 13.1 Å². The molecule has 1 aromatic heterocycles. The van der Waals surface area contributed by atoms with Crippen LogP contribution in [0.4, 0.5) is 0 Å². The molecule has 19 heavy (non-hydrogen) atoms. The van der Waals surface area contributed by atoms with Gasteiger partial charge in [-0.15, -0.1) is 0 Å². The van der Waals surface area contributed by atoms with E-state index < -0.39 is 10.0 Å². The molecule has 0 spiro atoms. The largest absolute Gasteiger partial charge is 0.265 e. The quantitative estimate of drug-likeness (QED) is 0.733. The Labute approximate surface area is 124 Å². The molecule has 0 saturated heterocycles. The lowest BCUT2D eigenvalue weighted by molar-refractivity contribution is 0.440. The molecule has 1 rings (SSSR count). The lowest BCUT2D eigenvalue weighted by atomic mass is 10.0. The van der Waals surface area contributed by atoms with Crippen molar-refractivity contribution in [1.82, 2.24) is 9.71 Å². The Kier molecular flexibility index (Phi) is 6.96. The first-order valence-corrected chi connectivity index (χ1v) is 9.17. The smallest absolute Gasteiger partial charge is 0.212 e. The van der Waals surface area contributed by atoms with Crippen molar-refractivity contribution in [2.24, 2.45) is 5.92 Å². The third-order valence-electron chi connectivity index (χ3n) is 2.96. The molecule has 1 aromatic rings. The minimum atomic E-state index is -3.24. The predicted octanol–water partition coefficient (Wildman–Crippen LogP) is 2.35. The summed E-state index contributed by atoms with van der Waals surface area (Å²) in [6, 6.07) is 3.67. The van der Waals surface area contributed by atoms with Crippen LogP contribution >= 0.6 is 15.9 Å². The number of rotatable bonds is 8. The number of nitrogens with zero attached hydrogens (tertiary/aromatic N) is 1. The summed E-state index contributed by atoms with van der Waals surface area (Å²) in [7, 11) is -3.24. The van der Waals surface area contributed by atoms with E-state index in [4.69, 9.17) is 0 Å². The normalized spacial score (nSPS) is 13.7. The van der Waals surface area contributed by atoms with E-state index in [0.29, 0.717) is 6.42 Å². The van der Waals surface area contributed by atoms with Crippen molar-refractivity contribution in [3.63, 3.8) is 0 Å². The fourth-order valence-electron chi connectivity index (χ4n) is 1.74. The van der Waals surface area contributed by atoms with Gasteiger partial charge in [0.1, 0.15) is 0 Å². The second-order valence-electron chi connectivity index (χ2n) is 4.87. The predicted molar refractivity (Wildman–Crippen MR) is 81.9 cm³/mol. The maximum Gasteiger partial charge on any atom is 0.212 e. The summed E-state index contributed by atoms with van der Waals surface area (Å²) in [6.45, 7) is 4.05. The molecular weight excluding hydrogens is 328 g/mol. The maximum absolute atomic E-state index is 12.1. The Morgan fingerprint density at radius 3 is 2.47 bits per heavy atom. The summed E-state index contributed by atoms with van der Waals surface area (Å²) >= 11 is 3.36. The minimum Gasteiger partial charge on any atom is -0.265 e. The molecule has 0 aliphatic carbocycles. The molecule has 1 N–H and O–H groups in total. The Morgan fingerprint density at radius 2 is 1.95 bits per heavy atom. The summed E-state index contributed by atoms with van der Waals surface area (Å²) in [4.78, 5) is 3.92. The second-order valence-corrected chi connectivity index (χ2v) is 7.54. The molecule has 0 amide bonds. The summed E-state index contributed by atoms with van der Waals surface area (Å²) in [5, 5.41) is 0.794. The average molecular weight is 349 g/mol. The van der Waals surface area contributed by atoms with Crippen LogP contribution in [0.2, 0.25) is 0 Å². The molecule has 0 saturated carbocycles. The van der Waals surface area contributed by atoms with Crippen molar-refractivity contribution >= 4 is 26.0 Å². The van der Waals surface area contributed by atoms with E-state index in [2.05, 4.69) is 25.6 Å². The molecule has 1 unspecified atom stereocenters. The highest BCUT2D eigenvalue weighted by atomic mass is 79.9. The number of hydrogen-bond acceptors (Lipinski definition) is 3. The van der Waals surface area contributed by atoms with Gasteiger partial charge >= 0.3 is 0 Å². The van der Waals surface area contributed by atoms with Crippen molar-refractivity contribution in [2.45, 2.75) is 32.7 Å². The summed E-state index contributed by atoms with van der Waals surface area (Å²) in [6.07, 6.45) is 4.66. The molecule has 0 radical (unpaired) electrons. The monoisotopic (exact) mass is 348 g/mol. The van der Waals surface area contributed by atoms with Crippen LogP contribution in [-0.4, -0.2) is 30.5 Å². The Hall–Kier alpha value is -0.460. The first kappa shape index (κ1) is 16.6. The fraction of sp³-hybridized carbons (Fsp3) is 0.615. The Balaban J connectivity index is 2.56. The van der Waals surface area contributed by atoms with E-state index in [0.717, 1.165) is 17.3 Å². The molecule has 6 heteroatoms. The first-order valence-electron chi connectivity index (χ1n) is 6.39. The zero-order chi connectivity index (χ0) is 14.3. The molecule has 108 valence electrons. The number of sulfonamides is 1. The van der Waals surface area contributed by atoms with Crippen LogP contribution in [0.3, 0.4) is 0 Å². The Bertz CT molecular complexity index is 463. The van der Waals surface area contributed by atoms with Crippen molar-refractivity contribution in [3.8, 4) is 0 Å². The zero-order valence-corrected chi connectivity index (χ0v) is 13.7. The van der Waals surface area contributed by atoms with Crippen LogP contribution < -0.4 is 4.72 Å². The van der Waals surface area contributed by atoms with E-state index in [1.807, 2.05) is 26.0 Å². The highest BCUT2D eigenvalue weighted by molar-refractivity contribution is 9.09. The van der Waals surface area contributed by atoms with Gasteiger partial charge in [0.15, 0.2) is 0 Å². The summed E-state index contributed by atoms with van der Waals surface area (Å²) < 4.78 is 26.9. The Morgan fingerprint density at radius 1 is 1.32 bits per heavy atom. The average Bonchev–Trinajstić information content (AvgIpc) is 2.37. The molecule has 0 aliphatic heterocycles. The molecule has 1 heterocycles. The third-order valence-corrected chi connectivity index (χ3v) is 4.83. The van der Waals surface area contributed by atoms with E-state index in [-0.39, 0.29) is 17.7 Å². The van der Waals surface area contributed by atoms with Crippen LogP contribution in [-0.2, 0) is 16.4 Å².